The van der Waals surface area contributed by atoms with Crippen LogP contribution in [0.25, 0.3) is 5.69 Å². The van der Waals surface area contributed by atoms with Crippen molar-refractivity contribution in [3.8, 4) is 11.6 Å². The molecule has 0 saturated carbocycles. The standard InChI is InChI=1S/C11H6F6N2O3S/c12-10(13,14)8-6-9(22-23(20,21)11(15,16)17)19(18-8)7-4-2-1-3-5-7/h1-6H. The first-order valence-electron chi connectivity index (χ1n) is 5.65. The second kappa shape index (κ2) is 5.44. The van der Waals surface area contributed by atoms with Crippen LogP contribution in [0.2, 0.25) is 0 Å². The number of rotatable bonds is 3. The van der Waals surface area contributed by atoms with Gasteiger partial charge < -0.3 is 4.18 Å². The average Bonchev–Trinajstić information content (AvgIpc) is 2.81. The molecule has 23 heavy (non-hydrogen) atoms. The third-order valence-corrected chi connectivity index (χ3v) is 3.40. The van der Waals surface area contributed by atoms with Crippen molar-refractivity contribution in [1.29, 1.82) is 0 Å². The van der Waals surface area contributed by atoms with E-state index in [1.807, 2.05) is 0 Å². The van der Waals surface area contributed by atoms with Crippen molar-refractivity contribution in [3.05, 3.63) is 42.1 Å². The average molecular weight is 360 g/mol. The second-order valence-corrected chi connectivity index (χ2v) is 5.63. The van der Waals surface area contributed by atoms with E-state index in [-0.39, 0.29) is 11.8 Å². The van der Waals surface area contributed by atoms with E-state index in [2.05, 4.69) is 9.28 Å². The van der Waals surface area contributed by atoms with Crippen molar-refractivity contribution in [2.24, 2.45) is 0 Å². The first-order valence-corrected chi connectivity index (χ1v) is 7.06. The van der Waals surface area contributed by atoms with Crippen LogP contribution in [0.4, 0.5) is 26.3 Å². The Morgan fingerprint density at radius 3 is 2.04 bits per heavy atom. The van der Waals surface area contributed by atoms with E-state index in [4.69, 9.17) is 0 Å². The molecule has 0 aliphatic carbocycles. The Hall–Kier alpha value is -2.24. The monoisotopic (exact) mass is 360 g/mol. The fourth-order valence-corrected chi connectivity index (χ4v) is 1.91. The summed E-state index contributed by atoms with van der Waals surface area (Å²) >= 11 is 0. The smallest absolute Gasteiger partial charge is 0.355 e. The Morgan fingerprint density at radius 1 is 1.00 bits per heavy atom. The number of para-hydroxylation sites is 1. The molecule has 0 saturated heterocycles. The fraction of sp³-hybridized carbons (Fsp3) is 0.182. The van der Waals surface area contributed by atoms with Crippen LogP contribution in [0.1, 0.15) is 5.69 Å². The Bertz CT molecular complexity index is 795. The lowest BCUT2D eigenvalue weighted by Crippen LogP contribution is -2.28. The van der Waals surface area contributed by atoms with Crippen molar-refractivity contribution in [2.45, 2.75) is 11.7 Å². The van der Waals surface area contributed by atoms with Crippen LogP contribution in [-0.4, -0.2) is 23.7 Å². The van der Waals surface area contributed by atoms with Gasteiger partial charge in [0.25, 0.3) is 0 Å². The molecule has 0 atom stereocenters. The minimum Gasteiger partial charge on any atom is -0.355 e. The van der Waals surface area contributed by atoms with Gasteiger partial charge in [-0.05, 0) is 12.1 Å². The van der Waals surface area contributed by atoms with E-state index in [0.29, 0.717) is 4.68 Å². The van der Waals surface area contributed by atoms with Crippen molar-refractivity contribution in [1.82, 2.24) is 9.78 Å². The van der Waals surface area contributed by atoms with Crippen LogP contribution >= 0.6 is 0 Å². The first-order chi connectivity index (χ1) is 10.4. The lowest BCUT2D eigenvalue weighted by molar-refractivity contribution is -0.141. The van der Waals surface area contributed by atoms with Gasteiger partial charge in [0.05, 0.1) is 5.69 Å². The maximum atomic E-state index is 12.7. The van der Waals surface area contributed by atoms with Crippen LogP contribution in [0, 0.1) is 0 Å². The van der Waals surface area contributed by atoms with E-state index >= 15 is 0 Å². The quantitative estimate of drug-likeness (QED) is 0.479. The van der Waals surface area contributed by atoms with Crippen molar-refractivity contribution in [3.63, 3.8) is 0 Å². The second-order valence-electron chi connectivity index (χ2n) is 4.10. The van der Waals surface area contributed by atoms with Gasteiger partial charge in [0, 0.05) is 6.07 Å². The largest absolute Gasteiger partial charge is 0.534 e. The Morgan fingerprint density at radius 2 is 1.57 bits per heavy atom. The highest BCUT2D eigenvalue weighted by Crippen LogP contribution is 2.34. The van der Waals surface area contributed by atoms with Crippen molar-refractivity contribution >= 4 is 10.1 Å². The minimum atomic E-state index is -6.14. The van der Waals surface area contributed by atoms with Crippen LogP contribution in [0.5, 0.6) is 5.88 Å². The highest BCUT2D eigenvalue weighted by molar-refractivity contribution is 7.87. The van der Waals surface area contributed by atoms with Gasteiger partial charge in [-0.25, -0.2) is 0 Å². The molecule has 2 aromatic rings. The van der Waals surface area contributed by atoms with Crippen LogP contribution in [0.3, 0.4) is 0 Å². The molecule has 5 nitrogen and oxygen atoms in total. The maximum Gasteiger partial charge on any atom is 0.534 e. The highest BCUT2D eigenvalue weighted by atomic mass is 32.2. The van der Waals surface area contributed by atoms with Gasteiger partial charge in [0.2, 0.25) is 5.88 Å². The summed E-state index contributed by atoms with van der Waals surface area (Å²) in [5.41, 5.74) is -7.51. The lowest BCUT2D eigenvalue weighted by atomic mass is 10.3. The van der Waals surface area contributed by atoms with Gasteiger partial charge in [-0.3, -0.25) is 0 Å². The molecular weight excluding hydrogens is 354 g/mol. The summed E-state index contributed by atoms with van der Waals surface area (Å²) in [5.74, 6) is -1.24. The van der Waals surface area contributed by atoms with Gasteiger partial charge in [0.1, 0.15) is 0 Å². The molecular formula is C11H6F6N2O3S. The molecule has 0 amide bonds. The number of halogens is 6. The molecule has 0 unspecified atom stereocenters. The summed E-state index contributed by atoms with van der Waals surface area (Å²) in [6.07, 6.45) is -5.00. The van der Waals surface area contributed by atoms with Gasteiger partial charge in [-0.1, -0.05) is 18.2 Å². The van der Waals surface area contributed by atoms with Gasteiger partial charge in [-0.2, -0.15) is 44.5 Å². The van der Waals surface area contributed by atoms with Gasteiger partial charge in [0.15, 0.2) is 5.69 Å². The van der Waals surface area contributed by atoms with Crippen molar-refractivity contribution in [2.75, 3.05) is 0 Å². The summed E-state index contributed by atoms with van der Waals surface area (Å²) in [6, 6.07) is 6.71. The molecule has 12 heteroatoms. The molecule has 2 rings (SSSR count). The SMILES string of the molecule is O=S(=O)(Oc1cc(C(F)(F)F)nn1-c1ccccc1)C(F)(F)F. The molecule has 0 aliphatic rings. The molecule has 126 valence electrons. The molecule has 0 radical (unpaired) electrons. The first kappa shape index (κ1) is 17.1. The number of nitrogens with zero attached hydrogens (tertiary/aromatic N) is 2. The van der Waals surface area contributed by atoms with E-state index in [0.717, 1.165) is 0 Å². The predicted molar refractivity (Wildman–Crippen MR) is 64.2 cm³/mol. The molecule has 0 fully saturated rings. The van der Waals surface area contributed by atoms with Crippen molar-refractivity contribution < 1.29 is 38.9 Å². The summed E-state index contributed by atoms with van der Waals surface area (Å²) < 4.78 is 101. The fourth-order valence-electron chi connectivity index (χ4n) is 1.48. The number of benzene rings is 1. The number of alkyl halides is 6. The Labute approximate surface area is 125 Å². The molecule has 0 bridgehead atoms. The molecule has 1 aromatic heterocycles. The van der Waals surface area contributed by atoms with Gasteiger partial charge >= 0.3 is 21.8 Å². The zero-order chi connectivity index (χ0) is 17.5. The third kappa shape index (κ3) is 3.57. The highest BCUT2D eigenvalue weighted by Gasteiger charge is 2.49. The zero-order valence-corrected chi connectivity index (χ0v) is 11.6. The Balaban J connectivity index is 2.57. The summed E-state index contributed by atoms with van der Waals surface area (Å²) in [7, 11) is -6.14. The van der Waals surface area contributed by atoms with E-state index in [1.165, 1.54) is 30.3 Å². The lowest BCUT2D eigenvalue weighted by Gasteiger charge is -2.10. The van der Waals surface area contributed by atoms with Crippen LogP contribution in [0.15, 0.2) is 36.4 Å². The van der Waals surface area contributed by atoms with E-state index in [1.54, 1.807) is 0 Å². The topological polar surface area (TPSA) is 61.2 Å². The van der Waals surface area contributed by atoms with Crippen LogP contribution < -0.4 is 4.18 Å². The summed E-state index contributed by atoms with van der Waals surface area (Å²) in [6.45, 7) is 0. The molecule has 1 aromatic carbocycles. The zero-order valence-electron chi connectivity index (χ0n) is 10.8. The summed E-state index contributed by atoms with van der Waals surface area (Å²) in [5, 5.41) is 3.05. The number of hydrogen-bond acceptors (Lipinski definition) is 4. The molecule has 0 N–H and O–H groups in total. The number of hydrogen-bond donors (Lipinski definition) is 0. The van der Waals surface area contributed by atoms with E-state index < -0.39 is 33.4 Å². The maximum absolute atomic E-state index is 12.7. The third-order valence-electron chi connectivity index (χ3n) is 2.45. The molecule has 0 aliphatic heterocycles. The normalized spacial score (nSPS) is 13.1. The van der Waals surface area contributed by atoms with E-state index in [9.17, 15) is 34.8 Å². The minimum absolute atomic E-state index is 0.0658. The van der Waals surface area contributed by atoms with Crippen LogP contribution in [-0.2, 0) is 16.3 Å². The summed E-state index contributed by atoms with van der Waals surface area (Å²) in [4.78, 5) is 0. The number of aromatic nitrogens is 2. The predicted octanol–water partition coefficient (Wildman–Crippen LogP) is 3.12. The Kier molecular flexibility index (Phi) is 4.05. The molecule has 0 spiro atoms. The molecule has 1 heterocycles. The van der Waals surface area contributed by atoms with Gasteiger partial charge in [-0.15, -0.1) is 0 Å².